The third-order valence-electron chi connectivity index (χ3n) is 6.94. The summed E-state index contributed by atoms with van der Waals surface area (Å²) in [6.45, 7) is 1.93. The topological polar surface area (TPSA) is 109 Å². The molecule has 1 aliphatic rings. The van der Waals surface area contributed by atoms with Gasteiger partial charge in [-0.3, -0.25) is 14.4 Å². The number of Topliss-reactive ketones (excluding diaryl/α,β-unsaturated/α-hetero) is 2. The van der Waals surface area contributed by atoms with E-state index in [2.05, 4.69) is 10.6 Å². The van der Waals surface area contributed by atoms with Crippen LogP contribution in [0.15, 0.2) is 139 Å². The van der Waals surface area contributed by atoms with Gasteiger partial charge in [0.15, 0.2) is 0 Å². The summed E-state index contributed by atoms with van der Waals surface area (Å²) in [4.78, 5) is 39.9. The van der Waals surface area contributed by atoms with Gasteiger partial charge in [0.1, 0.15) is 5.70 Å². The van der Waals surface area contributed by atoms with Crippen molar-refractivity contribution < 1.29 is 22.8 Å². The average Bonchev–Trinajstić information content (AvgIpc) is 3.56. The maximum Gasteiger partial charge on any atom is 0.255 e. The lowest BCUT2D eigenvalue weighted by Crippen LogP contribution is -2.25. The van der Waals surface area contributed by atoms with E-state index in [-0.39, 0.29) is 37.9 Å². The molecule has 5 aromatic rings. The summed E-state index contributed by atoms with van der Waals surface area (Å²) in [5, 5.41) is 7.75. The van der Waals surface area contributed by atoms with Crippen LogP contribution in [0.2, 0.25) is 0 Å². The third kappa shape index (κ3) is 5.87. The molecule has 0 saturated heterocycles. The summed E-state index contributed by atoms with van der Waals surface area (Å²) in [7, 11) is -3.87. The molecule has 0 unspecified atom stereocenters. The van der Waals surface area contributed by atoms with Crippen molar-refractivity contribution in [2.24, 2.45) is 0 Å². The van der Waals surface area contributed by atoms with Crippen LogP contribution in [0.3, 0.4) is 0 Å². The number of nitrogens with one attached hydrogen (secondary N) is 2. The minimum atomic E-state index is -3.87. The zero-order valence-electron chi connectivity index (χ0n) is 23.2. The zero-order valence-corrected chi connectivity index (χ0v) is 25.7. The average molecular weight is 637 g/mol. The van der Waals surface area contributed by atoms with Crippen LogP contribution < -0.4 is 10.6 Å². The van der Waals surface area contributed by atoms with Crippen LogP contribution in [0.25, 0.3) is 0 Å². The first-order valence-corrected chi connectivity index (χ1v) is 16.6. The molecule has 0 fully saturated rings. The first kappa shape index (κ1) is 29.3. The number of ketones is 2. The monoisotopic (exact) mass is 636 g/mol. The van der Waals surface area contributed by atoms with E-state index < -0.39 is 9.84 Å². The zero-order chi connectivity index (χ0) is 30.8. The van der Waals surface area contributed by atoms with E-state index in [9.17, 15) is 22.8 Å². The van der Waals surface area contributed by atoms with Crippen LogP contribution >= 0.6 is 23.1 Å². The number of thiophene rings is 1. The summed E-state index contributed by atoms with van der Waals surface area (Å²) in [5.41, 5.74) is 3.27. The van der Waals surface area contributed by atoms with Gasteiger partial charge in [0.25, 0.3) is 5.91 Å². The number of amides is 1. The van der Waals surface area contributed by atoms with E-state index in [4.69, 9.17) is 0 Å². The van der Waals surface area contributed by atoms with Crippen LogP contribution in [-0.4, -0.2) is 25.9 Å². The Morgan fingerprint density at radius 2 is 1.30 bits per heavy atom. The lowest BCUT2D eigenvalue weighted by Gasteiger charge is -2.21. The van der Waals surface area contributed by atoms with Gasteiger partial charge in [-0.25, -0.2) is 8.42 Å². The fraction of sp³-hybridized carbons (Fsp3) is 0.0294. The highest BCUT2D eigenvalue weighted by Gasteiger charge is 2.33. The van der Waals surface area contributed by atoms with E-state index in [1.807, 2.05) is 36.6 Å². The molecule has 0 saturated carbocycles. The van der Waals surface area contributed by atoms with Crippen molar-refractivity contribution in [1.29, 1.82) is 0 Å². The highest BCUT2D eigenvalue weighted by atomic mass is 32.2. The largest absolute Gasteiger partial charge is 0.351 e. The Balaban J connectivity index is 1.22. The quantitative estimate of drug-likeness (QED) is 0.180. The Hall–Kier alpha value is -4.77. The fourth-order valence-corrected chi connectivity index (χ4v) is 7.72. The van der Waals surface area contributed by atoms with Crippen LogP contribution in [0.4, 0.5) is 11.4 Å². The molecule has 1 aromatic heterocycles. The summed E-state index contributed by atoms with van der Waals surface area (Å²) < 4.78 is 27.6. The van der Waals surface area contributed by atoms with Crippen LogP contribution in [-0.2, 0) is 9.84 Å². The van der Waals surface area contributed by atoms with Crippen molar-refractivity contribution in [2.75, 3.05) is 10.6 Å². The lowest BCUT2D eigenvalue weighted by molar-refractivity contribution is 0.0982. The molecule has 1 amide bonds. The molecule has 7 nitrogen and oxygen atoms in total. The highest BCUT2D eigenvalue weighted by Crippen LogP contribution is 2.39. The molecule has 0 aliphatic heterocycles. The van der Waals surface area contributed by atoms with E-state index in [1.165, 1.54) is 59.5 Å². The third-order valence-corrected chi connectivity index (χ3v) is 10.9. The van der Waals surface area contributed by atoms with Crippen molar-refractivity contribution in [3.63, 3.8) is 0 Å². The van der Waals surface area contributed by atoms with Gasteiger partial charge >= 0.3 is 0 Å². The van der Waals surface area contributed by atoms with E-state index >= 15 is 0 Å². The number of aryl methyl sites for hydroxylation is 1. The molecule has 44 heavy (non-hydrogen) atoms. The first-order valence-electron chi connectivity index (χ1n) is 13.4. The Morgan fingerprint density at radius 1 is 0.705 bits per heavy atom. The Morgan fingerprint density at radius 3 is 1.89 bits per heavy atom. The molecule has 218 valence electrons. The number of thioether (sulfide) groups is 1. The number of allylic oxidation sites excluding steroid dienone is 2. The Kier molecular flexibility index (Phi) is 8.05. The maximum absolute atomic E-state index is 13.5. The van der Waals surface area contributed by atoms with Crippen LogP contribution in [0.5, 0.6) is 0 Å². The predicted octanol–water partition coefficient (Wildman–Crippen LogP) is 7.64. The molecule has 0 bridgehead atoms. The number of rotatable bonds is 8. The standard InChI is InChI=1S/C34H24N2O5S3/c1-21-8-10-22(11-9-21)34(39)36-24-14-18-26(19-15-24)44(40,41)25-16-12-23(13-17-25)35-30-31(37)27-5-2-3-6-28(27)32(38)33(30)43-29-7-4-20-42-29/h2-20,35H,1H3,(H,36,39). The number of sulfone groups is 1. The van der Waals surface area contributed by atoms with Gasteiger partial charge in [0.2, 0.25) is 21.4 Å². The van der Waals surface area contributed by atoms with Gasteiger partial charge in [-0.1, -0.05) is 59.8 Å². The SMILES string of the molecule is Cc1ccc(C(=O)Nc2ccc(S(=O)(=O)c3ccc(NC4=C(Sc5cccs5)C(=O)c5ccccc5C4=O)cc3)cc2)cc1. The molecule has 2 N–H and O–H groups in total. The second-order valence-electron chi connectivity index (χ2n) is 9.94. The predicted molar refractivity (Wildman–Crippen MR) is 173 cm³/mol. The fourth-order valence-electron chi connectivity index (χ4n) is 4.61. The second kappa shape index (κ2) is 12.1. The molecule has 0 radical (unpaired) electrons. The number of carbonyl (C=O) groups is 3. The summed E-state index contributed by atoms with van der Waals surface area (Å²) >= 11 is 2.69. The number of anilines is 2. The molecular weight excluding hydrogens is 613 g/mol. The number of benzene rings is 4. The molecule has 1 heterocycles. The molecule has 1 aliphatic carbocycles. The van der Waals surface area contributed by atoms with Gasteiger partial charge in [0, 0.05) is 28.1 Å². The molecule has 6 rings (SSSR count). The molecule has 4 aromatic carbocycles. The van der Waals surface area contributed by atoms with Gasteiger partial charge in [0.05, 0.1) is 18.9 Å². The van der Waals surface area contributed by atoms with Gasteiger partial charge in [-0.05, 0) is 79.0 Å². The van der Waals surface area contributed by atoms with E-state index in [0.29, 0.717) is 28.1 Å². The Bertz CT molecular complexity index is 2030. The summed E-state index contributed by atoms with van der Waals surface area (Å²) in [6, 6.07) is 29.6. The number of hydrogen-bond donors (Lipinski definition) is 2. The summed E-state index contributed by atoms with van der Waals surface area (Å²) in [5.74, 6) is -0.860. The van der Waals surface area contributed by atoms with E-state index in [1.54, 1.807) is 48.5 Å². The normalized spacial score (nSPS) is 13.0. The number of carbonyl (C=O) groups excluding carboxylic acids is 3. The first-order chi connectivity index (χ1) is 21.2. The molecule has 10 heteroatoms. The van der Waals surface area contributed by atoms with Gasteiger partial charge < -0.3 is 10.6 Å². The van der Waals surface area contributed by atoms with Crippen molar-refractivity contribution >= 4 is 61.8 Å². The van der Waals surface area contributed by atoms with Crippen molar-refractivity contribution in [2.45, 2.75) is 20.9 Å². The smallest absolute Gasteiger partial charge is 0.255 e. The van der Waals surface area contributed by atoms with Crippen molar-refractivity contribution in [1.82, 2.24) is 0 Å². The maximum atomic E-state index is 13.5. The highest BCUT2D eigenvalue weighted by molar-refractivity contribution is 8.05. The summed E-state index contributed by atoms with van der Waals surface area (Å²) in [6.07, 6.45) is 0. The molecular formula is C34H24N2O5S3. The van der Waals surface area contributed by atoms with Crippen LogP contribution in [0.1, 0.15) is 36.6 Å². The van der Waals surface area contributed by atoms with Gasteiger partial charge in [-0.15, -0.1) is 11.3 Å². The van der Waals surface area contributed by atoms with E-state index in [0.717, 1.165) is 9.77 Å². The number of hydrogen-bond acceptors (Lipinski definition) is 8. The minimum Gasteiger partial charge on any atom is -0.351 e. The minimum absolute atomic E-state index is 0.0537. The van der Waals surface area contributed by atoms with Crippen LogP contribution in [0, 0.1) is 6.92 Å². The van der Waals surface area contributed by atoms with Crippen molar-refractivity contribution in [3.8, 4) is 0 Å². The number of fused-ring (bicyclic) bond motifs is 1. The van der Waals surface area contributed by atoms with Gasteiger partial charge in [-0.2, -0.15) is 0 Å². The lowest BCUT2D eigenvalue weighted by atomic mass is 9.92. The molecule has 0 spiro atoms. The second-order valence-corrected chi connectivity index (χ2v) is 14.1. The van der Waals surface area contributed by atoms with Crippen molar-refractivity contribution in [3.05, 3.63) is 147 Å². The molecule has 0 atom stereocenters. The Labute approximate surface area is 262 Å².